The van der Waals surface area contributed by atoms with E-state index in [0.29, 0.717) is 24.7 Å². The van der Waals surface area contributed by atoms with E-state index in [0.717, 1.165) is 0 Å². The van der Waals surface area contributed by atoms with Gasteiger partial charge in [-0.05, 0) is 0 Å². The van der Waals surface area contributed by atoms with Crippen LogP contribution >= 0.6 is 0 Å². The van der Waals surface area contributed by atoms with Crippen LogP contribution < -0.4 is 15.4 Å². The number of nitrogens with one attached hydrogen (secondary N) is 2. The van der Waals surface area contributed by atoms with E-state index in [-0.39, 0.29) is 11.9 Å². The average Bonchev–Trinajstić information content (AvgIpc) is 2.65. The van der Waals surface area contributed by atoms with Gasteiger partial charge in [-0.2, -0.15) is 0 Å². The Bertz CT molecular complexity index is 352. The first-order valence-electron chi connectivity index (χ1n) is 4.67. The number of carbonyl (C=O) groups excluding carboxylic acids is 1. The quantitative estimate of drug-likeness (QED) is 0.718. The highest BCUT2D eigenvalue weighted by molar-refractivity contribution is 5.79. The Morgan fingerprint density at radius 2 is 2.27 bits per heavy atom. The van der Waals surface area contributed by atoms with E-state index in [4.69, 9.17) is 4.74 Å². The Morgan fingerprint density at radius 1 is 1.53 bits per heavy atom. The molecule has 0 saturated carbocycles. The molecule has 1 aromatic heterocycles. The Morgan fingerprint density at radius 3 is 2.80 bits per heavy atom. The zero-order chi connectivity index (χ0) is 10.7. The van der Waals surface area contributed by atoms with Crippen molar-refractivity contribution in [3.05, 3.63) is 12.4 Å². The third-order valence-electron chi connectivity index (χ3n) is 2.17. The van der Waals surface area contributed by atoms with Crippen LogP contribution in [0.4, 0.5) is 5.95 Å². The average molecular weight is 208 g/mol. The molecule has 6 heteroatoms. The maximum atomic E-state index is 10.9. The summed E-state index contributed by atoms with van der Waals surface area (Å²) in [5.41, 5.74) is 0. The molecule has 1 saturated heterocycles. The van der Waals surface area contributed by atoms with Crippen LogP contribution in [-0.2, 0) is 4.79 Å². The lowest BCUT2D eigenvalue weighted by atomic mass is 10.3. The summed E-state index contributed by atoms with van der Waals surface area (Å²) in [5.74, 6) is 1.18. The van der Waals surface area contributed by atoms with Gasteiger partial charge < -0.3 is 15.4 Å². The van der Waals surface area contributed by atoms with Gasteiger partial charge in [0.15, 0.2) is 5.75 Å². The number of ether oxygens (including phenoxy) is 1. The third-order valence-corrected chi connectivity index (χ3v) is 2.17. The lowest BCUT2D eigenvalue weighted by Gasteiger charge is -2.09. The summed E-state index contributed by atoms with van der Waals surface area (Å²) in [6.07, 6.45) is 3.63. The van der Waals surface area contributed by atoms with Gasteiger partial charge in [-0.15, -0.1) is 0 Å². The highest BCUT2D eigenvalue weighted by Gasteiger charge is 2.21. The van der Waals surface area contributed by atoms with Crippen molar-refractivity contribution in [3.8, 4) is 5.75 Å². The van der Waals surface area contributed by atoms with Gasteiger partial charge in [-0.1, -0.05) is 0 Å². The maximum absolute atomic E-state index is 10.9. The Kier molecular flexibility index (Phi) is 2.66. The number of aromatic nitrogens is 2. The molecule has 1 unspecified atom stereocenters. The summed E-state index contributed by atoms with van der Waals surface area (Å²) >= 11 is 0. The minimum Gasteiger partial charge on any atom is -0.494 e. The van der Waals surface area contributed by atoms with Gasteiger partial charge in [0.25, 0.3) is 0 Å². The highest BCUT2D eigenvalue weighted by atomic mass is 16.5. The van der Waals surface area contributed by atoms with E-state index in [1.807, 2.05) is 0 Å². The number of amides is 1. The smallest absolute Gasteiger partial charge is 0.223 e. The second kappa shape index (κ2) is 4.12. The summed E-state index contributed by atoms with van der Waals surface area (Å²) < 4.78 is 4.94. The van der Waals surface area contributed by atoms with E-state index in [1.54, 1.807) is 19.5 Å². The second-order valence-corrected chi connectivity index (χ2v) is 3.30. The fraction of sp³-hybridized carbons (Fsp3) is 0.444. The molecule has 0 aliphatic carbocycles. The molecule has 2 N–H and O–H groups in total. The Labute approximate surface area is 87.1 Å². The molecule has 80 valence electrons. The topological polar surface area (TPSA) is 76.1 Å². The predicted molar refractivity (Wildman–Crippen MR) is 53.6 cm³/mol. The molecule has 0 radical (unpaired) electrons. The van der Waals surface area contributed by atoms with Crippen LogP contribution in [0.25, 0.3) is 0 Å². The van der Waals surface area contributed by atoms with Crippen molar-refractivity contribution in [3.63, 3.8) is 0 Å². The van der Waals surface area contributed by atoms with Gasteiger partial charge in [0.05, 0.1) is 25.5 Å². The van der Waals surface area contributed by atoms with Gasteiger partial charge in [-0.25, -0.2) is 9.97 Å². The first-order valence-corrected chi connectivity index (χ1v) is 4.67. The number of rotatable bonds is 3. The van der Waals surface area contributed by atoms with Gasteiger partial charge in [0.2, 0.25) is 11.9 Å². The molecule has 1 fully saturated rings. The van der Waals surface area contributed by atoms with Crippen molar-refractivity contribution in [1.29, 1.82) is 0 Å². The molecular formula is C9H12N4O2. The van der Waals surface area contributed by atoms with Gasteiger partial charge >= 0.3 is 0 Å². The maximum Gasteiger partial charge on any atom is 0.223 e. The van der Waals surface area contributed by atoms with Crippen LogP contribution in [0.1, 0.15) is 6.42 Å². The summed E-state index contributed by atoms with van der Waals surface area (Å²) in [4.78, 5) is 19.0. The van der Waals surface area contributed by atoms with Gasteiger partial charge in [0, 0.05) is 13.0 Å². The van der Waals surface area contributed by atoms with E-state index in [9.17, 15) is 4.79 Å². The molecule has 1 aliphatic rings. The molecule has 1 atom stereocenters. The van der Waals surface area contributed by atoms with Crippen molar-refractivity contribution >= 4 is 11.9 Å². The zero-order valence-electron chi connectivity index (χ0n) is 8.36. The minimum atomic E-state index is 0.0565. The molecule has 0 aromatic carbocycles. The summed E-state index contributed by atoms with van der Waals surface area (Å²) in [7, 11) is 1.56. The summed E-state index contributed by atoms with van der Waals surface area (Å²) in [6.45, 7) is 0.619. The number of anilines is 1. The van der Waals surface area contributed by atoms with Crippen molar-refractivity contribution in [2.24, 2.45) is 0 Å². The number of methoxy groups -OCH3 is 1. The molecule has 1 amide bonds. The van der Waals surface area contributed by atoms with Crippen LogP contribution in [0.5, 0.6) is 5.75 Å². The first kappa shape index (κ1) is 9.70. The highest BCUT2D eigenvalue weighted by Crippen LogP contribution is 2.10. The van der Waals surface area contributed by atoms with Crippen LogP contribution in [0.3, 0.4) is 0 Å². The fourth-order valence-corrected chi connectivity index (χ4v) is 1.39. The second-order valence-electron chi connectivity index (χ2n) is 3.30. The van der Waals surface area contributed by atoms with E-state index in [2.05, 4.69) is 20.6 Å². The zero-order valence-corrected chi connectivity index (χ0v) is 8.36. The Balaban J connectivity index is 1.96. The molecule has 1 aliphatic heterocycles. The third kappa shape index (κ3) is 2.34. The van der Waals surface area contributed by atoms with E-state index >= 15 is 0 Å². The number of hydrogen-bond donors (Lipinski definition) is 2. The monoisotopic (exact) mass is 208 g/mol. The SMILES string of the molecule is COc1cnc(NC2CNC(=O)C2)nc1. The molecule has 2 rings (SSSR count). The van der Waals surface area contributed by atoms with Gasteiger partial charge in [0.1, 0.15) is 0 Å². The number of carbonyl (C=O) groups is 1. The minimum absolute atomic E-state index is 0.0565. The molecule has 0 bridgehead atoms. The summed E-state index contributed by atoms with van der Waals surface area (Å²) in [5, 5.41) is 5.79. The lowest BCUT2D eigenvalue weighted by molar-refractivity contribution is -0.119. The van der Waals surface area contributed by atoms with Crippen molar-refractivity contribution in [2.75, 3.05) is 19.0 Å². The van der Waals surface area contributed by atoms with Crippen LogP contribution in [0, 0.1) is 0 Å². The van der Waals surface area contributed by atoms with Crippen molar-refractivity contribution < 1.29 is 9.53 Å². The molecule has 0 spiro atoms. The summed E-state index contributed by atoms with van der Waals surface area (Å²) in [6, 6.07) is 0.0749. The van der Waals surface area contributed by atoms with Crippen LogP contribution in [0.2, 0.25) is 0 Å². The predicted octanol–water partition coefficient (Wildman–Crippen LogP) is -0.214. The molecule has 2 heterocycles. The molecule has 6 nitrogen and oxygen atoms in total. The van der Waals surface area contributed by atoms with Crippen LogP contribution in [0.15, 0.2) is 12.4 Å². The van der Waals surface area contributed by atoms with Crippen molar-refractivity contribution in [2.45, 2.75) is 12.5 Å². The molecular weight excluding hydrogens is 196 g/mol. The fourth-order valence-electron chi connectivity index (χ4n) is 1.39. The van der Waals surface area contributed by atoms with Crippen LogP contribution in [-0.4, -0.2) is 35.6 Å². The largest absolute Gasteiger partial charge is 0.494 e. The van der Waals surface area contributed by atoms with Crippen molar-refractivity contribution in [1.82, 2.24) is 15.3 Å². The lowest BCUT2D eigenvalue weighted by Crippen LogP contribution is -2.23. The Hall–Kier alpha value is -1.85. The van der Waals surface area contributed by atoms with E-state index in [1.165, 1.54) is 0 Å². The molecule has 1 aromatic rings. The number of hydrogen-bond acceptors (Lipinski definition) is 5. The standard InChI is InChI=1S/C9H12N4O2/c1-15-7-4-11-9(12-5-7)13-6-2-8(14)10-3-6/h4-6H,2-3H2,1H3,(H,10,14)(H,11,12,13). The molecule has 15 heavy (non-hydrogen) atoms. The number of nitrogens with zero attached hydrogens (tertiary/aromatic N) is 2. The first-order chi connectivity index (χ1) is 7.28. The van der Waals surface area contributed by atoms with Gasteiger partial charge in [-0.3, -0.25) is 4.79 Å². The normalized spacial score (nSPS) is 19.8. The van der Waals surface area contributed by atoms with E-state index < -0.39 is 0 Å².